The van der Waals surface area contributed by atoms with Gasteiger partial charge in [-0.05, 0) is 49.4 Å². The van der Waals surface area contributed by atoms with Crippen molar-refractivity contribution < 1.29 is 9.90 Å². The number of carboxylic acid groups (broad SMARTS) is 1. The zero-order valence-electron chi connectivity index (χ0n) is 9.66. The number of aromatic carboxylic acids is 1. The molecule has 1 saturated carbocycles. The maximum atomic E-state index is 10.8. The number of hydrogen-bond donors (Lipinski definition) is 2. The Balaban J connectivity index is 2.06. The molecule has 0 aliphatic heterocycles. The van der Waals surface area contributed by atoms with Crippen molar-refractivity contribution in [2.24, 2.45) is 5.92 Å². The monoisotopic (exact) mass is 219 g/mol. The Kier molecular flexibility index (Phi) is 2.86. The number of carbonyl (C=O) groups is 1. The van der Waals surface area contributed by atoms with Crippen molar-refractivity contribution in [2.45, 2.75) is 32.7 Å². The summed E-state index contributed by atoms with van der Waals surface area (Å²) >= 11 is 0. The minimum absolute atomic E-state index is 0.382. The molecular weight excluding hydrogens is 202 g/mol. The van der Waals surface area contributed by atoms with Crippen molar-refractivity contribution >= 4 is 11.7 Å². The SMILES string of the molecule is Cc1cc(NC2CC(C)C2)ccc1C(=O)O. The highest BCUT2D eigenvalue weighted by Gasteiger charge is 2.24. The molecule has 0 amide bonds. The first-order valence-electron chi connectivity index (χ1n) is 5.66. The van der Waals surface area contributed by atoms with Crippen LogP contribution in [-0.4, -0.2) is 17.1 Å². The number of carboxylic acids is 1. The molecule has 0 bridgehead atoms. The quantitative estimate of drug-likeness (QED) is 0.821. The van der Waals surface area contributed by atoms with Gasteiger partial charge in [-0.2, -0.15) is 0 Å². The molecule has 0 radical (unpaired) electrons. The topological polar surface area (TPSA) is 49.3 Å². The first-order valence-corrected chi connectivity index (χ1v) is 5.66. The van der Waals surface area contributed by atoms with Crippen molar-refractivity contribution in [2.75, 3.05) is 5.32 Å². The van der Waals surface area contributed by atoms with E-state index in [2.05, 4.69) is 12.2 Å². The van der Waals surface area contributed by atoms with Crippen LogP contribution in [-0.2, 0) is 0 Å². The number of aryl methyl sites for hydroxylation is 1. The summed E-state index contributed by atoms with van der Waals surface area (Å²) in [6, 6.07) is 5.98. The molecule has 0 unspecified atom stereocenters. The van der Waals surface area contributed by atoms with Crippen LogP contribution < -0.4 is 5.32 Å². The Morgan fingerprint density at radius 2 is 2.12 bits per heavy atom. The van der Waals surface area contributed by atoms with Crippen molar-refractivity contribution in [3.63, 3.8) is 0 Å². The molecule has 1 aromatic carbocycles. The summed E-state index contributed by atoms with van der Waals surface area (Å²) in [5, 5.41) is 12.3. The molecule has 0 spiro atoms. The van der Waals surface area contributed by atoms with E-state index >= 15 is 0 Å². The normalized spacial score (nSPS) is 23.6. The van der Waals surface area contributed by atoms with E-state index in [1.54, 1.807) is 6.07 Å². The van der Waals surface area contributed by atoms with Gasteiger partial charge < -0.3 is 10.4 Å². The third kappa shape index (κ3) is 2.18. The Bertz CT molecular complexity index is 408. The Labute approximate surface area is 95.5 Å². The van der Waals surface area contributed by atoms with Gasteiger partial charge in [-0.15, -0.1) is 0 Å². The molecule has 16 heavy (non-hydrogen) atoms. The third-order valence-electron chi connectivity index (χ3n) is 3.20. The van der Waals surface area contributed by atoms with Crippen molar-refractivity contribution in [3.05, 3.63) is 29.3 Å². The minimum Gasteiger partial charge on any atom is -0.478 e. The zero-order valence-corrected chi connectivity index (χ0v) is 9.66. The fraction of sp³-hybridized carbons (Fsp3) is 0.462. The van der Waals surface area contributed by atoms with E-state index in [0.717, 1.165) is 17.2 Å². The minimum atomic E-state index is -0.860. The predicted octanol–water partition coefficient (Wildman–Crippen LogP) is 2.90. The summed E-state index contributed by atoms with van der Waals surface area (Å²) in [7, 11) is 0. The molecule has 0 aromatic heterocycles. The van der Waals surface area contributed by atoms with Gasteiger partial charge in [-0.3, -0.25) is 0 Å². The molecule has 2 rings (SSSR count). The summed E-state index contributed by atoms with van der Waals surface area (Å²) in [6.07, 6.45) is 2.42. The fourth-order valence-corrected chi connectivity index (χ4v) is 2.25. The summed E-state index contributed by atoms with van der Waals surface area (Å²) in [4.78, 5) is 10.8. The van der Waals surface area contributed by atoms with Gasteiger partial charge in [-0.1, -0.05) is 6.92 Å². The van der Waals surface area contributed by atoms with Crippen molar-refractivity contribution in [1.82, 2.24) is 0 Å². The molecule has 3 heteroatoms. The maximum absolute atomic E-state index is 10.8. The van der Waals surface area contributed by atoms with Crippen LogP contribution >= 0.6 is 0 Å². The van der Waals surface area contributed by atoms with E-state index in [9.17, 15) is 4.79 Å². The molecule has 1 aliphatic carbocycles. The second kappa shape index (κ2) is 4.16. The fourth-order valence-electron chi connectivity index (χ4n) is 2.25. The average molecular weight is 219 g/mol. The standard InChI is InChI=1S/C13H17NO2/c1-8-5-11(6-8)14-10-3-4-12(13(15)16)9(2)7-10/h3-4,7-8,11,14H,5-6H2,1-2H3,(H,15,16). The van der Waals surface area contributed by atoms with E-state index in [1.807, 2.05) is 19.1 Å². The van der Waals surface area contributed by atoms with Gasteiger partial charge in [0.15, 0.2) is 0 Å². The van der Waals surface area contributed by atoms with E-state index in [1.165, 1.54) is 12.8 Å². The largest absolute Gasteiger partial charge is 0.478 e. The van der Waals surface area contributed by atoms with Crippen LogP contribution in [0.4, 0.5) is 5.69 Å². The first-order chi connectivity index (χ1) is 7.56. The third-order valence-corrected chi connectivity index (χ3v) is 3.20. The Morgan fingerprint density at radius 1 is 1.44 bits per heavy atom. The number of benzene rings is 1. The van der Waals surface area contributed by atoms with Crippen LogP contribution in [0.2, 0.25) is 0 Å². The zero-order chi connectivity index (χ0) is 11.7. The lowest BCUT2D eigenvalue weighted by molar-refractivity contribution is 0.0696. The molecule has 3 nitrogen and oxygen atoms in total. The van der Waals surface area contributed by atoms with Crippen LogP contribution in [0.25, 0.3) is 0 Å². The maximum Gasteiger partial charge on any atom is 0.335 e. The molecule has 1 aromatic rings. The van der Waals surface area contributed by atoms with Gasteiger partial charge in [0.25, 0.3) is 0 Å². The van der Waals surface area contributed by atoms with Gasteiger partial charge >= 0.3 is 5.97 Å². The summed E-state index contributed by atoms with van der Waals surface area (Å²) in [5.74, 6) is -0.0433. The van der Waals surface area contributed by atoms with Gasteiger partial charge in [0.05, 0.1) is 5.56 Å². The number of anilines is 1. The van der Waals surface area contributed by atoms with Crippen LogP contribution in [0, 0.1) is 12.8 Å². The Hall–Kier alpha value is -1.51. The van der Waals surface area contributed by atoms with Crippen LogP contribution in [0.3, 0.4) is 0 Å². The molecule has 0 saturated heterocycles. The molecule has 1 aliphatic rings. The number of nitrogens with one attached hydrogen (secondary N) is 1. The van der Waals surface area contributed by atoms with Crippen molar-refractivity contribution in [1.29, 1.82) is 0 Å². The highest BCUT2D eigenvalue weighted by molar-refractivity contribution is 5.89. The van der Waals surface area contributed by atoms with Crippen LogP contribution in [0.15, 0.2) is 18.2 Å². The van der Waals surface area contributed by atoms with Gasteiger partial charge in [0.1, 0.15) is 0 Å². The van der Waals surface area contributed by atoms with E-state index in [0.29, 0.717) is 11.6 Å². The predicted molar refractivity (Wildman–Crippen MR) is 63.9 cm³/mol. The molecular formula is C13H17NO2. The van der Waals surface area contributed by atoms with Gasteiger partial charge in [0.2, 0.25) is 0 Å². The number of hydrogen-bond acceptors (Lipinski definition) is 2. The van der Waals surface area contributed by atoms with E-state index < -0.39 is 5.97 Å². The second-order valence-electron chi connectivity index (χ2n) is 4.75. The van der Waals surface area contributed by atoms with E-state index in [4.69, 9.17) is 5.11 Å². The average Bonchev–Trinajstić information content (AvgIpc) is 2.15. The first kappa shape index (κ1) is 11.0. The second-order valence-corrected chi connectivity index (χ2v) is 4.75. The molecule has 0 atom stereocenters. The molecule has 1 fully saturated rings. The smallest absolute Gasteiger partial charge is 0.335 e. The summed E-state index contributed by atoms with van der Waals surface area (Å²) < 4.78 is 0. The highest BCUT2D eigenvalue weighted by atomic mass is 16.4. The van der Waals surface area contributed by atoms with Crippen LogP contribution in [0.1, 0.15) is 35.7 Å². The van der Waals surface area contributed by atoms with Crippen molar-refractivity contribution in [3.8, 4) is 0 Å². The highest BCUT2D eigenvalue weighted by Crippen LogP contribution is 2.29. The van der Waals surface area contributed by atoms with Gasteiger partial charge in [-0.25, -0.2) is 4.79 Å². The molecule has 86 valence electrons. The van der Waals surface area contributed by atoms with Crippen LogP contribution in [0.5, 0.6) is 0 Å². The molecule has 0 heterocycles. The lowest BCUT2D eigenvalue weighted by Crippen LogP contribution is -2.33. The lowest BCUT2D eigenvalue weighted by atomic mass is 9.82. The number of rotatable bonds is 3. The van der Waals surface area contributed by atoms with Gasteiger partial charge in [0, 0.05) is 11.7 Å². The summed E-state index contributed by atoms with van der Waals surface area (Å²) in [5.41, 5.74) is 2.22. The molecule has 2 N–H and O–H groups in total. The lowest BCUT2D eigenvalue weighted by Gasteiger charge is -2.34. The summed E-state index contributed by atoms with van der Waals surface area (Å²) in [6.45, 7) is 4.08. The Morgan fingerprint density at radius 3 is 2.62 bits per heavy atom. The van der Waals surface area contributed by atoms with E-state index in [-0.39, 0.29) is 0 Å².